The number of aliphatic imine (C=N–C) groups is 1. The lowest BCUT2D eigenvalue weighted by Gasteiger charge is -2.04. The Kier molecular flexibility index (Phi) is 3.09. The zero-order valence-corrected chi connectivity index (χ0v) is 10.7. The fraction of sp³-hybridized carbons (Fsp3) is 0.286. The van der Waals surface area contributed by atoms with Crippen LogP contribution in [-0.4, -0.2) is 15.9 Å². The Morgan fingerprint density at radius 1 is 1.18 bits per heavy atom. The van der Waals surface area contributed by atoms with Gasteiger partial charge in [0.25, 0.3) is 0 Å². The van der Waals surface area contributed by atoms with E-state index >= 15 is 0 Å². The average molecular weight is 227 g/mol. The summed E-state index contributed by atoms with van der Waals surface area (Å²) in [5.41, 5.74) is 6.53. The highest BCUT2D eigenvalue weighted by Crippen LogP contribution is 2.21. The monoisotopic (exact) mass is 227 g/mol. The van der Waals surface area contributed by atoms with Gasteiger partial charge in [-0.2, -0.15) is 5.10 Å². The summed E-state index contributed by atoms with van der Waals surface area (Å²) in [7, 11) is 0. The molecule has 88 valence electrons. The number of H-pyrrole nitrogens is 1. The first kappa shape index (κ1) is 11.6. The largest absolute Gasteiger partial charge is 0.276 e. The first-order valence-electron chi connectivity index (χ1n) is 5.71. The highest BCUT2D eigenvalue weighted by molar-refractivity contribution is 5.99. The number of benzene rings is 1. The molecule has 2 rings (SSSR count). The number of nitrogens with zero attached hydrogens (tertiary/aromatic N) is 2. The Hall–Kier alpha value is -1.90. The molecule has 1 aromatic carbocycles. The predicted molar refractivity (Wildman–Crippen MR) is 71.1 cm³/mol. The molecule has 0 unspecified atom stereocenters. The van der Waals surface area contributed by atoms with Gasteiger partial charge in [0, 0.05) is 0 Å². The topological polar surface area (TPSA) is 41.0 Å². The van der Waals surface area contributed by atoms with E-state index in [9.17, 15) is 0 Å². The number of hydrogen-bond acceptors (Lipinski definition) is 2. The molecule has 1 heterocycles. The second kappa shape index (κ2) is 4.53. The third kappa shape index (κ3) is 2.44. The molecule has 0 spiro atoms. The summed E-state index contributed by atoms with van der Waals surface area (Å²) < 4.78 is 0. The van der Waals surface area contributed by atoms with Crippen LogP contribution in [-0.2, 0) is 0 Å². The van der Waals surface area contributed by atoms with Crippen LogP contribution in [0.5, 0.6) is 0 Å². The normalized spacial score (nSPS) is 11.9. The van der Waals surface area contributed by atoms with E-state index in [-0.39, 0.29) is 0 Å². The molecule has 3 heteroatoms. The zero-order chi connectivity index (χ0) is 12.4. The molecule has 0 aliphatic heterocycles. The third-order valence-electron chi connectivity index (χ3n) is 2.84. The molecule has 0 fully saturated rings. The minimum absolute atomic E-state index is 0.966. The number of rotatable bonds is 2. The molecule has 0 atom stereocenters. The highest BCUT2D eigenvalue weighted by atomic mass is 15.1. The summed E-state index contributed by atoms with van der Waals surface area (Å²) in [5.74, 6) is 0. The number of aryl methyl sites for hydroxylation is 3. The molecule has 0 aliphatic rings. The van der Waals surface area contributed by atoms with Crippen molar-refractivity contribution in [3.05, 3.63) is 46.8 Å². The van der Waals surface area contributed by atoms with Gasteiger partial charge in [-0.05, 0) is 50.5 Å². The molecule has 1 aromatic heterocycles. The Morgan fingerprint density at radius 2 is 1.94 bits per heavy atom. The van der Waals surface area contributed by atoms with Crippen LogP contribution in [0.3, 0.4) is 0 Å². The van der Waals surface area contributed by atoms with Gasteiger partial charge in [0.15, 0.2) is 0 Å². The molecule has 0 aliphatic carbocycles. The number of nitrogens with one attached hydrogen (secondary N) is 1. The lowest BCUT2D eigenvalue weighted by molar-refractivity contribution is 1.08. The van der Waals surface area contributed by atoms with E-state index in [2.05, 4.69) is 47.2 Å². The molecule has 0 saturated heterocycles. The van der Waals surface area contributed by atoms with Crippen molar-refractivity contribution in [3.8, 4) is 0 Å². The Balaban J connectivity index is 2.43. The number of hydrogen-bond donors (Lipinski definition) is 1. The molecule has 17 heavy (non-hydrogen) atoms. The van der Waals surface area contributed by atoms with Gasteiger partial charge < -0.3 is 0 Å². The van der Waals surface area contributed by atoms with Crippen molar-refractivity contribution in [1.29, 1.82) is 0 Å². The SMILES string of the molecule is CC(=Nc1cc(C)ccc1C)c1[nH]ncc1C. The standard InChI is InChI=1S/C14H17N3/c1-9-5-6-10(2)13(7-9)16-12(4)14-11(3)8-15-17-14/h5-8H,1-4H3,(H,15,17). The van der Waals surface area contributed by atoms with Gasteiger partial charge in [0.2, 0.25) is 0 Å². The maximum atomic E-state index is 4.67. The van der Waals surface area contributed by atoms with Crippen LogP contribution in [0.2, 0.25) is 0 Å². The van der Waals surface area contributed by atoms with Crippen molar-refractivity contribution in [2.24, 2.45) is 4.99 Å². The predicted octanol–water partition coefficient (Wildman–Crippen LogP) is 3.48. The molecule has 3 nitrogen and oxygen atoms in total. The lowest BCUT2D eigenvalue weighted by atomic mass is 10.1. The first-order valence-corrected chi connectivity index (χ1v) is 5.71. The van der Waals surface area contributed by atoms with Crippen molar-refractivity contribution < 1.29 is 0 Å². The Bertz CT molecular complexity index is 565. The fourth-order valence-electron chi connectivity index (χ4n) is 1.79. The van der Waals surface area contributed by atoms with E-state index < -0.39 is 0 Å². The van der Waals surface area contributed by atoms with Gasteiger partial charge in [-0.1, -0.05) is 12.1 Å². The van der Waals surface area contributed by atoms with E-state index in [4.69, 9.17) is 0 Å². The number of aromatic amines is 1. The Morgan fingerprint density at radius 3 is 2.59 bits per heavy atom. The summed E-state index contributed by atoms with van der Waals surface area (Å²) in [6.45, 7) is 8.18. The zero-order valence-electron chi connectivity index (χ0n) is 10.7. The van der Waals surface area contributed by atoms with Crippen LogP contribution in [0.4, 0.5) is 5.69 Å². The van der Waals surface area contributed by atoms with Gasteiger partial charge in [0.05, 0.1) is 23.3 Å². The van der Waals surface area contributed by atoms with Crippen molar-refractivity contribution >= 4 is 11.4 Å². The van der Waals surface area contributed by atoms with Crippen molar-refractivity contribution in [2.45, 2.75) is 27.7 Å². The molecule has 1 N–H and O–H groups in total. The van der Waals surface area contributed by atoms with E-state index in [1.165, 1.54) is 11.1 Å². The van der Waals surface area contributed by atoms with Crippen molar-refractivity contribution in [3.63, 3.8) is 0 Å². The minimum Gasteiger partial charge on any atom is -0.276 e. The molecule has 2 aromatic rings. The first-order chi connectivity index (χ1) is 8.08. The van der Waals surface area contributed by atoms with Gasteiger partial charge in [-0.25, -0.2) is 0 Å². The quantitative estimate of drug-likeness (QED) is 0.784. The second-order valence-corrected chi connectivity index (χ2v) is 4.42. The van der Waals surface area contributed by atoms with Crippen LogP contribution in [0.25, 0.3) is 0 Å². The maximum Gasteiger partial charge on any atom is 0.0819 e. The molecule has 0 saturated carbocycles. The average Bonchev–Trinajstić information content (AvgIpc) is 2.70. The van der Waals surface area contributed by atoms with Gasteiger partial charge in [-0.3, -0.25) is 10.1 Å². The molecule has 0 amide bonds. The van der Waals surface area contributed by atoms with Crippen molar-refractivity contribution in [1.82, 2.24) is 10.2 Å². The summed E-state index contributed by atoms with van der Waals surface area (Å²) in [5, 5.41) is 7.00. The summed E-state index contributed by atoms with van der Waals surface area (Å²) in [6.07, 6.45) is 1.82. The Labute approximate surface area is 102 Å². The highest BCUT2D eigenvalue weighted by Gasteiger charge is 2.05. The third-order valence-corrected chi connectivity index (χ3v) is 2.84. The molecular formula is C14H17N3. The van der Waals surface area contributed by atoms with Crippen LogP contribution in [0.1, 0.15) is 29.3 Å². The van der Waals surface area contributed by atoms with Crippen LogP contribution >= 0.6 is 0 Å². The second-order valence-electron chi connectivity index (χ2n) is 4.42. The molecule has 0 radical (unpaired) electrons. The van der Waals surface area contributed by atoms with Crippen molar-refractivity contribution in [2.75, 3.05) is 0 Å². The molecule has 0 bridgehead atoms. The minimum atomic E-state index is 0.966. The van der Waals surface area contributed by atoms with Gasteiger partial charge in [0.1, 0.15) is 0 Å². The maximum absolute atomic E-state index is 4.67. The fourth-order valence-corrected chi connectivity index (χ4v) is 1.79. The van der Waals surface area contributed by atoms with Crippen LogP contribution in [0, 0.1) is 20.8 Å². The molecular weight excluding hydrogens is 210 g/mol. The van der Waals surface area contributed by atoms with Crippen LogP contribution < -0.4 is 0 Å². The van der Waals surface area contributed by atoms with E-state index in [0.717, 1.165) is 22.7 Å². The van der Waals surface area contributed by atoms with Gasteiger partial charge in [-0.15, -0.1) is 0 Å². The lowest BCUT2D eigenvalue weighted by Crippen LogP contribution is -1.97. The summed E-state index contributed by atoms with van der Waals surface area (Å²) in [4.78, 5) is 4.67. The van der Waals surface area contributed by atoms with E-state index in [1.807, 2.05) is 20.0 Å². The summed E-state index contributed by atoms with van der Waals surface area (Å²) in [6, 6.07) is 6.30. The smallest absolute Gasteiger partial charge is 0.0819 e. The van der Waals surface area contributed by atoms with E-state index in [0.29, 0.717) is 0 Å². The summed E-state index contributed by atoms with van der Waals surface area (Å²) >= 11 is 0. The van der Waals surface area contributed by atoms with Crippen LogP contribution in [0.15, 0.2) is 29.4 Å². The van der Waals surface area contributed by atoms with Gasteiger partial charge >= 0.3 is 0 Å². The van der Waals surface area contributed by atoms with E-state index in [1.54, 1.807) is 0 Å². The number of aromatic nitrogens is 2.